The molecule has 38 heavy (non-hydrogen) atoms. The third-order valence-electron chi connectivity index (χ3n) is 6.98. The Hall–Kier alpha value is -3.39. The number of aliphatic hydroxyl groups is 1. The fraction of sp³-hybridized carbons (Fsp3) is 0.290. The van der Waals surface area contributed by atoms with E-state index in [1.165, 1.54) is 25.5 Å². The molecule has 1 heterocycles. The second-order valence-corrected chi connectivity index (χ2v) is 11.8. The predicted octanol–water partition coefficient (Wildman–Crippen LogP) is 6.06. The molecule has 5 rings (SSSR count). The number of ether oxygens (including phenoxy) is 2. The average molecular weight is 532 g/mol. The van der Waals surface area contributed by atoms with Crippen molar-refractivity contribution in [3.05, 3.63) is 84.4 Å². The molecule has 4 aromatic carbocycles. The quantitative estimate of drug-likeness (QED) is 0.283. The van der Waals surface area contributed by atoms with E-state index in [1.807, 2.05) is 54.6 Å². The van der Waals surface area contributed by atoms with Gasteiger partial charge in [0.05, 0.1) is 11.5 Å². The highest BCUT2D eigenvalue weighted by Gasteiger charge is 2.15. The molecule has 7 heteroatoms. The molecule has 6 nitrogen and oxygen atoms in total. The van der Waals surface area contributed by atoms with Gasteiger partial charge in [0, 0.05) is 23.8 Å². The summed E-state index contributed by atoms with van der Waals surface area (Å²) in [5.41, 5.74) is 2.51. The van der Waals surface area contributed by atoms with Gasteiger partial charge in [-0.15, -0.1) is 0 Å². The van der Waals surface area contributed by atoms with Crippen molar-refractivity contribution in [2.45, 2.75) is 30.8 Å². The molecule has 0 atom stereocenters. The van der Waals surface area contributed by atoms with Crippen molar-refractivity contribution in [3.8, 4) is 28.4 Å². The minimum absolute atomic E-state index is 0.0416. The van der Waals surface area contributed by atoms with Crippen molar-refractivity contribution in [3.63, 3.8) is 0 Å². The summed E-state index contributed by atoms with van der Waals surface area (Å²) in [6.45, 7) is 3.86. The number of rotatable bonds is 9. The zero-order valence-corrected chi connectivity index (χ0v) is 22.4. The average Bonchev–Trinajstić information content (AvgIpc) is 2.94. The Balaban J connectivity index is 1.40. The molecule has 1 saturated heterocycles. The van der Waals surface area contributed by atoms with Gasteiger partial charge < -0.3 is 14.6 Å². The second kappa shape index (κ2) is 11.6. The van der Waals surface area contributed by atoms with Crippen molar-refractivity contribution in [2.24, 2.45) is 0 Å². The number of hydrogen-bond donors (Lipinski definition) is 1. The van der Waals surface area contributed by atoms with Crippen molar-refractivity contribution in [2.75, 3.05) is 32.5 Å². The lowest BCUT2D eigenvalue weighted by Crippen LogP contribution is -2.33. The van der Waals surface area contributed by atoms with Crippen LogP contribution >= 0.6 is 0 Å². The van der Waals surface area contributed by atoms with Crippen LogP contribution in [0, 0.1) is 0 Å². The molecule has 0 unspecified atom stereocenters. The predicted molar refractivity (Wildman–Crippen MR) is 151 cm³/mol. The summed E-state index contributed by atoms with van der Waals surface area (Å²) in [4.78, 5) is 2.72. The Morgan fingerprint density at radius 1 is 0.842 bits per heavy atom. The van der Waals surface area contributed by atoms with E-state index < -0.39 is 9.84 Å². The summed E-state index contributed by atoms with van der Waals surface area (Å²) >= 11 is 0. The molecule has 1 fully saturated rings. The Morgan fingerprint density at radius 3 is 2.24 bits per heavy atom. The topological polar surface area (TPSA) is 76.1 Å². The van der Waals surface area contributed by atoms with E-state index in [9.17, 15) is 13.5 Å². The van der Waals surface area contributed by atoms with E-state index in [0.29, 0.717) is 18.1 Å². The zero-order valence-electron chi connectivity index (χ0n) is 21.6. The highest BCUT2D eigenvalue weighted by atomic mass is 32.2. The first-order chi connectivity index (χ1) is 18.4. The maximum absolute atomic E-state index is 11.9. The van der Waals surface area contributed by atoms with Crippen LogP contribution in [0.2, 0.25) is 0 Å². The molecular weight excluding hydrogens is 498 g/mol. The van der Waals surface area contributed by atoms with Crippen LogP contribution in [0.15, 0.2) is 83.8 Å². The maximum atomic E-state index is 11.9. The number of fused-ring (bicyclic) bond motifs is 1. The molecule has 1 N–H and O–H groups in total. The largest absolute Gasteiger partial charge is 0.492 e. The first kappa shape index (κ1) is 26.2. The normalized spacial score (nSPS) is 14.5. The molecule has 0 aromatic heterocycles. The van der Waals surface area contributed by atoms with Gasteiger partial charge in [0.1, 0.15) is 23.9 Å². The minimum atomic E-state index is -3.29. The van der Waals surface area contributed by atoms with Gasteiger partial charge in [0.2, 0.25) is 0 Å². The Kier molecular flexibility index (Phi) is 7.98. The van der Waals surface area contributed by atoms with Crippen LogP contribution in [0.1, 0.15) is 24.8 Å². The lowest BCUT2D eigenvalue weighted by molar-refractivity contribution is 0.183. The molecule has 0 bridgehead atoms. The third kappa shape index (κ3) is 6.18. The van der Waals surface area contributed by atoms with Gasteiger partial charge in [-0.05, 0) is 91.0 Å². The third-order valence-corrected chi connectivity index (χ3v) is 8.11. The van der Waals surface area contributed by atoms with E-state index in [1.54, 1.807) is 24.3 Å². The highest BCUT2D eigenvalue weighted by Crippen LogP contribution is 2.40. The number of likely N-dealkylation sites (tertiary alicyclic amines) is 1. The Morgan fingerprint density at radius 2 is 1.55 bits per heavy atom. The van der Waals surface area contributed by atoms with Crippen molar-refractivity contribution >= 4 is 20.6 Å². The van der Waals surface area contributed by atoms with Crippen LogP contribution in [-0.2, 0) is 16.4 Å². The number of piperidine rings is 1. The lowest BCUT2D eigenvalue weighted by Gasteiger charge is -2.26. The van der Waals surface area contributed by atoms with Gasteiger partial charge in [-0.25, -0.2) is 8.42 Å². The van der Waals surface area contributed by atoms with Gasteiger partial charge >= 0.3 is 0 Å². The molecule has 1 aliphatic heterocycles. The number of nitrogens with zero attached hydrogens (tertiary/aromatic N) is 1. The second-order valence-electron chi connectivity index (χ2n) is 9.78. The van der Waals surface area contributed by atoms with E-state index >= 15 is 0 Å². The molecule has 0 saturated carbocycles. The number of benzene rings is 4. The highest BCUT2D eigenvalue weighted by molar-refractivity contribution is 7.90. The monoisotopic (exact) mass is 531 g/mol. The summed E-state index contributed by atoms with van der Waals surface area (Å²) < 4.78 is 36.3. The van der Waals surface area contributed by atoms with Crippen LogP contribution in [0.4, 0.5) is 0 Å². The molecular formula is C31H33NO5S. The number of hydrogen-bond acceptors (Lipinski definition) is 6. The van der Waals surface area contributed by atoms with Crippen LogP contribution in [0.25, 0.3) is 21.9 Å². The summed E-state index contributed by atoms with van der Waals surface area (Å²) in [6, 6.07) is 24.2. The molecule has 1 aliphatic rings. The molecule has 0 amide bonds. The Labute approximate surface area is 224 Å². The molecule has 0 radical (unpaired) electrons. The summed E-state index contributed by atoms with van der Waals surface area (Å²) in [7, 11) is -3.29. The van der Waals surface area contributed by atoms with E-state index in [4.69, 9.17) is 9.47 Å². The van der Waals surface area contributed by atoms with Crippen molar-refractivity contribution in [1.82, 2.24) is 4.90 Å². The maximum Gasteiger partial charge on any atom is 0.175 e. The van der Waals surface area contributed by atoms with E-state index in [-0.39, 0.29) is 11.5 Å². The first-order valence-electron chi connectivity index (χ1n) is 13.0. The molecule has 198 valence electrons. The van der Waals surface area contributed by atoms with E-state index in [0.717, 1.165) is 52.8 Å². The lowest BCUT2D eigenvalue weighted by atomic mass is 9.98. The van der Waals surface area contributed by atoms with Crippen LogP contribution in [0.3, 0.4) is 0 Å². The van der Waals surface area contributed by atoms with Gasteiger partial charge in [0.25, 0.3) is 0 Å². The zero-order chi connectivity index (χ0) is 26.5. The van der Waals surface area contributed by atoms with Gasteiger partial charge in [-0.2, -0.15) is 0 Å². The van der Waals surface area contributed by atoms with Crippen LogP contribution in [0.5, 0.6) is 17.2 Å². The van der Waals surface area contributed by atoms with Gasteiger partial charge in [-0.3, -0.25) is 4.90 Å². The molecule has 4 aromatic rings. The minimum Gasteiger partial charge on any atom is -0.492 e. The fourth-order valence-corrected chi connectivity index (χ4v) is 5.50. The summed E-state index contributed by atoms with van der Waals surface area (Å²) in [5, 5.41) is 11.4. The Bertz CT molecular complexity index is 1490. The standard InChI is InChI=1S/C31H33NO5S/c1-38(34,35)28-13-6-24(7-14-28)29-16-8-25-21-23(22-33)5-15-30(25)31(29)37-27-11-9-26(10-12-27)36-20-19-32-17-3-2-4-18-32/h5-16,21,33H,2-4,17-20,22H2,1H3. The SMILES string of the molecule is CS(=O)(=O)c1ccc(-c2ccc3cc(CO)ccc3c2Oc2ccc(OCCN3CCCCC3)cc2)cc1. The summed E-state index contributed by atoms with van der Waals surface area (Å²) in [5.74, 6) is 2.13. The van der Waals surface area contributed by atoms with Gasteiger partial charge in [0.15, 0.2) is 9.84 Å². The number of sulfone groups is 1. The molecule has 0 aliphatic carbocycles. The van der Waals surface area contributed by atoms with E-state index in [2.05, 4.69) is 4.90 Å². The van der Waals surface area contributed by atoms with Crippen molar-refractivity contribution < 1.29 is 23.0 Å². The van der Waals surface area contributed by atoms with Crippen molar-refractivity contribution in [1.29, 1.82) is 0 Å². The summed E-state index contributed by atoms with van der Waals surface area (Å²) in [6.07, 6.45) is 5.06. The number of aliphatic hydroxyl groups excluding tert-OH is 1. The first-order valence-corrected chi connectivity index (χ1v) is 14.9. The van der Waals surface area contributed by atoms with Crippen LogP contribution in [-0.4, -0.2) is 50.9 Å². The fourth-order valence-electron chi connectivity index (χ4n) is 4.87. The smallest absolute Gasteiger partial charge is 0.175 e. The molecule has 0 spiro atoms. The van der Waals surface area contributed by atoms with Crippen LogP contribution < -0.4 is 9.47 Å². The van der Waals surface area contributed by atoms with Gasteiger partial charge in [-0.1, -0.05) is 36.8 Å².